The average Bonchev–Trinajstić information content (AvgIpc) is 3.04. The zero-order valence-corrected chi connectivity index (χ0v) is 26.8. The monoisotopic (exact) mass is 652 g/mol. The van der Waals surface area contributed by atoms with E-state index in [1.807, 2.05) is 18.2 Å². The quantitative estimate of drug-likeness (QED) is 0.112. The van der Waals surface area contributed by atoms with Gasteiger partial charge < -0.3 is 60.1 Å². The molecule has 2 aromatic rings. The van der Waals surface area contributed by atoms with E-state index in [0.29, 0.717) is 31.9 Å². The normalized spacial score (nSPS) is 28.2. The molecule has 13 nitrogen and oxygen atoms in total. The Kier molecular flexibility index (Phi) is 14.4. The van der Waals surface area contributed by atoms with Crippen molar-refractivity contribution in [2.75, 3.05) is 46.0 Å². The average molecular weight is 653 g/mol. The van der Waals surface area contributed by atoms with E-state index in [1.165, 1.54) is 5.56 Å². The van der Waals surface area contributed by atoms with E-state index in [1.54, 1.807) is 18.7 Å². The third-order valence-electron chi connectivity index (χ3n) is 8.49. The predicted octanol–water partition coefficient (Wildman–Crippen LogP) is -0.120. The Hall–Kier alpha value is -1.98. The third kappa shape index (κ3) is 10.5. The second kappa shape index (κ2) is 18.0. The maximum atomic E-state index is 11.0. The summed E-state index contributed by atoms with van der Waals surface area (Å²) in [5, 5.41) is 66.3. The van der Waals surface area contributed by atoms with Crippen LogP contribution in [-0.4, -0.2) is 143 Å². The number of benzene rings is 2. The lowest BCUT2D eigenvalue weighted by Crippen LogP contribution is -2.57. The fourth-order valence-electron chi connectivity index (χ4n) is 5.89. The molecule has 4 rings (SSSR count). The first-order valence-electron chi connectivity index (χ1n) is 16.3. The zero-order valence-electron chi connectivity index (χ0n) is 26.8. The summed E-state index contributed by atoms with van der Waals surface area (Å²) < 4.78 is 27.5. The molecule has 0 bridgehead atoms. The number of hydrogen-bond donors (Lipinski definition) is 7. The lowest BCUT2D eigenvalue weighted by Gasteiger charge is -2.39. The molecular formula is C33H52N2O11. The zero-order chi connectivity index (χ0) is 33.2. The molecule has 0 aliphatic carbocycles. The van der Waals surface area contributed by atoms with Crippen molar-refractivity contribution in [2.45, 2.75) is 101 Å². The van der Waals surface area contributed by atoms with Gasteiger partial charge in [0.1, 0.15) is 42.4 Å². The molecule has 0 spiro atoms. The second-order valence-corrected chi connectivity index (χ2v) is 12.3. The van der Waals surface area contributed by atoms with Crippen molar-refractivity contribution in [1.82, 2.24) is 4.90 Å². The molecule has 2 aromatic carbocycles. The number of aryl methyl sites for hydroxylation is 1. The smallest absolute Gasteiger partial charge is 0.155 e. The fourth-order valence-corrected chi connectivity index (χ4v) is 5.89. The van der Waals surface area contributed by atoms with Crippen molar-refractivity contribution in [3.63, 3.8) is 0 Å². The number of aliphatic hydroxyl groups is 6. The van der Waals surface area contributed by atoms with Crippen LogP contribution in [-0.2, 0) is 25.4 Å². The lowest BCUT2D eigenvalue weighted by molar-refractivity contribution is -0.274. The van der Waals surface area contributed by atoms with Crippen LogP contribution in [0.2, 0.25) is 0 Å². The molecule has 0 radical (unpaired) electrons. The number of hydrogen-bond acceptors (Lipinski definition) is 13. The Labute approximate surface area is 270 Å². The van der Waals surface area contributed by atoms with Gasteiger partial charge in [-0.15, -0.1) is 0 Å². The van der Waals surface area contributed by atoms with E-state index in [-0.39, 0.29) is 26.3 Å². The summed E-state index contributed by atoms with van der Waals surface area (Å²) in [6.07, 6.45) is -7.78. The number of fused-ring (bicyclic) bond motifs is 1. The summed E-state index contributed by atoms with van der Waals surface area (Å²) in [6, 6.07) is 12.3. The Morgan fingerprint density at radius 2 is 1.37 bits per heavy atom. The highest BCUT2D eigenvalue weighted by molar-refractivity contribution is 5.84. The summed E-state index contributed by atoms with van der Waals surface area (Å²) in [6.45, 7) is 4.31. The highest BCUT2D eigenvalue weighted by atomic mass is 16.7. The molecule has 2 saturated heterocycles. The molecule has 0 amide bonds. The van der Waals surface area contributed by atoms with Crippen molar-refractivity contribution in [2.24, 2.45) is 5.73 Å². The summed E-state index contributed by atoms with van der Waals surface area (Å²) >= 11 is 0. The van der Waals surface area contributed by atoms with Crippen LogP contribution in [0, 0.1) is 0 Å². The van der Waals surface area contributed by atoms with Gasteiger partial charge in [0.2, 0.25) is 0 Å². The largest absolute Gasteiger partial charge is 0.494 e. The van der Waals surface area contributed by atoms with E-state index in [9.17, 15) is 30.6 Å². The highest BCUT2D eigenvalue weighted by Gasteiger charge is 2.40. The van der Waals surface area contributed by atoms with Gasteiger partial charge in [-0.1, -0.05) is 24.3 Å². The highest BCUT2D eigenvalue weighted by Crippen LogP contribution is 2.24. The van der Waals surface area contributed by atoms with Crippen LogP contribution in [0.15, 0.2) is 36.4 Å². The van der Waals surface area contributed by atoms with E-state index < -0.39 is 61.4 Å². The number of nitrogens with zero attached hydrogens (tertiary/aromatic N) is 1. The molecule has 260 valence electrons. The lowest BCUT2D eigenvalue weighted by atomic mass is 10.00. The third-order valence-corrected chi connectivity index (χ3v) is 8.49. The Balaban J connectivity index is 1.36. The number of ether oxygens (including phenoxy) is 5. The molecule has 0 saturated carbocycles. The molecule has 2 fully saturated rings. The summed E-state index contributed by atoms with van der Waals surface area (Å²) in [7, 11) is 0. The van der Waals surface area contributed by atoms with Crippen LogP contribution in [0.5, 0.6) is 5.75 Å². The van der Waals surface area contributed by atoms with E-state index in [4.69, 9.17) is 29.4 Å². The van der Waals surface area contributed by atoms with Crippen molar-refractivity contribution < 1.29 is 54.3 Å². The van der Waals surface area contributed by atoms with Gasteiger partial charge in [0.05, 0.1) is 32.0 Å². The van der Waals surface area contributed by atoms with Gasteiger partial charge in [-0.05, 0) is 74.5 Å². The number of unbranched alkanes of at least 4 members (excludes halogenated alkanes) is 1. The van der Waals surface area contributed by atoms with Gasteiger partial charge in [-0.25, -0.2) is 0 Å². The fraction of sp³-hybridized carbons (Fsp3) is 0.697. The molecule has 2 unspecified atom stereocenters. The van der Waals surface area contributed by atoms with Crippen LogP contribution in [0.1, 0.15) is 38.7 Å². The van der Waals surface area contributed by atoms with Gasteiger partial charge in [0, 0.05) is 19.6 Å². The Bertz CT molecular complexity index is 1150. The maximum absolute atomic E-state index is 11.0. The minimum atomic E-state index is -1.44. The van der Waals surface area contributed by atoms with Crippen molar-refractivity contribution in [1.29, 1.82) is 0 Å². The van der Waals surface area contributed by atoms with Gasteiger partial charge >= 0.3 is 0 Å². The van der Waals surface area contributed by atoms with Gasteiger partial charge in [0.15, 0.2) is 12.6 Å². The van der Waals surface area contributed by atoms with Crippen LogP contribution in [0.25, 0.3) is 10.8 Å². The van der Waals surface area contributed by atoms with Crippen LogP contribution in [0.3, 0.4) is 0 Å². The van der Waals surface area contributed by atoms with E-state index >= 15 is 0 Å². The van der Waals surface area contributed by atoms with Crippen molar-refractivity contribution in [3.8, 4) is 5.75 Å². The molecule has 2 aliphatic rings. The molecule has 46 heavy (non-hydrogen) atoms. The maximum Gasteiger partial charge on any atom is 0.155 e. The van der Waals surface area contributed by atoms with Crippen LogP contribution in [0.4, 0.5) is 0 Å². The molecular weight excluding hydrogens is 600 g/mol. The first kappa shape index (κ1) is 36.8. The van der Waals surface area contributed by atoms with Gasteiger partial charge in [0.25, 0.3) is 0 Å². The molecule has 2 heterocycles. The standard InChI is InChI=1S/C33H52N2O11/c1-20-43-18-28(38)32(45-20)30(40)26(36)16-35(17-27(37)31(41)33-29(39)19-44-21(2)46-33)12-5-13-42-25-10-9-23-14-22(6-3-4-11-34)7-8-24(23)15-25/h7-10,14-15,20-21,26-33,36-41H,3-6,11-13,16-19,34H2,1-2H3/t20-,21?,26+,27+,28-,29?,30-,31-,32-,33-/m1/s1. The second-order valence-electron chi connectivity index (χ2n) is 12.3. The minimum Gasteiger partial charge on any atom is -0.494 e. The molecule has 13 heteroatoms. The van der Waals surface area contributed by atoms with E-state index in [0.717, 1.165) is 30.0 Å². The number of rotatable bonds is 17. The van der Waals surface area contributed by atoms with Crippen LogP contribution >= 0.6 is 0 Å². The summed E-state index contributed by atoms with van der Waals surface area (Å²) in [5.74, 6) is 0.709. The number of nitrogens with two attached hydrogens (primary N) is 1. The predicted molar refractivity (Wildman–Crippen MR) is 169 cm³/mol. The first-order valence-corrected chi connectivity index (χ1v) is 16.3. The van der Waals surface area contributed by atoms with E-state index in [2.05, 4.69) is 18.2 Å². The minimum absolute atomic E-state index is 0.0435. The molecule has 8 N–H and O–H groups in total. The van der Waals surface area contributed by atoms with Crippen molar-refractivity contribution >= 4 is 10.8 Å². The Morgan fingerprint density at radius 1 is 0.804 bits per heavy atom. The molecule has 0 aromatic heterocycles. The van der Waals surface area contributed by atoms with Gasteiger partial charge in [-0.3, -0.25) is 4.90 Å². The Morgan fingerprint density at radius 3 is 1.96 bits per heavy atom. The topological polar surface area (TPSA) is 197 Å². The first-order chi connectivity index (χ1) is 22.0. The number of aliphatic hydroxyl groups excluding tert-OH is 6. The SMILES string of the molecule is CC1OCC(O)[C@H]([C@H](O)[C@@H](O)CN(CCCOc2ccc3cc(CCCCN)ccc3c2)C[C@H](O)[C@@H](O)[C@@H]2O[C@H](C)OC[C@H]2O)O1. The molecule has 2 aliphatic heterocycles. The summed E-state index contributed by atoms with van der Waals surface area (Å²) in [4.78, 5) is 1.68. The van der Waals surface area contributed by atoms with Gasteiger partial charge in [-0.2, -0.15) is 0 Å². The van der Waals surface area contributed by atoms with Crippen LogP contribution < -0.4 is 10.5 Å². The van der Waals surface area contributed by atoms with Crippen molar-refractivity contribution in [3.05, 3.63) is 42.0 Å². The summed E-state index contributed by atoms with van der Waals surface area (Å²) in [5.41, 5.74) is 6.89. The molecule has 10 atom stereocenters.